The largest absolute Gasteiger partial charge is 0.497 e. The maximum absolute atomic E-state index is 13.0. The molecule has 2 heterocycles. The number of hydrogen-bond acceptors (Lipinski definition) is 7. The van der Waals surface area contributed by atoms with E-state index >= 15 is 0 Å². The molecule has 35 heavy (non-hydrogen) atoms. The minimum absolute atomic E-state index is 0.0130. The van der Waals surface area contributed by atoms with E-state index in [4.69, 9.17) is 9.47 Å². The highest BCUT2D eigenvalue weighted by molar-refractivity contribution is 5.86. The summed E-state index contributed by atoms with van der Waals surface area (Å²) < 4.78 is 10.7. The molecule has 9 heteroatoms. The number of amides is 2. The highest BCUT2D eigenvalue weighted by Crippen LogP contribution is 2.32. The molecule has 1 aliphatic heterocycles. The average Bonchev–Trinajstić information content (AvgIpc) is 2.85. The van der Waals surface area contributed by atoms with E-state index in [-0.39, 0.29) is 30.3 Å². The molecular formula is C26H35N5O4. The van der Waals surface area contributed by atoms with Gasteiger partial charge in [-0.15, -0.1) is 10.2 Å². The van der Waals surface area contributed by atoms with Crippen molar-refractivity contribution in [3.05, 3.63) is 30.3 Å². The fourth-order valence-corrected chi connectivity index (χ4v) is 4.48. The molecule has 0 spiro atoms. The Balaban J connectivity index is 1.34. The van der Waals surface area contributed by atoms with Crippen molar-refractivity contribution in [1.29, 1.82) is 0 Å². The van der Waals surface area contributed by atoms with Gasteiger partial charge in [-0.3, -0.25) is 9.59 Å². The van der Waals surface area contributed by atoms with E-state index in [1.807, 2.05) is 49.1 Å². The van der Waals surface area contributed by atoms with Crippen molar-refractivity contribution in [2.45, 2.75) is 39.2 Å². The van der Waals surface area contributed by atoms with Gasteiger partial charge in [-0.2, -0.15) is 0 Å². The number of nitrogens with zero attached hydrogens (tertiary/aromatic N) is 5. The van der Waals surface area contributed by atoms with Crippen LogP contribution in [0.2, 0.25) is 0 Å². The first-order chi connectivity index (χ1) is 16.9. The lowest BCUT2D eigenvalue weighted by Gasteiger charge is -2.38. The molecule has 0 bridgehead atoms. The van der Waals surface area contributed by atoms with Crippen LogP contribution >= 0.6 is 0 Å². The highest BCUT2D eigenvalue weighted by Gasteiger charge is 2.33. The summed E-state index contributed by atoms with van der Waals surface area (Å²) in [4.78, 5) is 31.4. The second-order valence-corrected chi connectivity index (χ2v) is 9.40. The van der Waals surface area contributed by atoms with Crippen molar-refractivity contribution >= 4 is 17.6 Å². The lowest BCUT2D eigenvalue weighted by Crippen LogP contribution is -2.53. The number of hydrogen-bond donors (Lipinski definition) is 0. The van der Waals surface area contributed by atoms with Crippen molar-refractivity contribution in [2.75, 3.05) is 51.8 Å². The molecule has 4 rings (SSSR count). The Bertz CT molecular complexity index is 1030. The van der Waals surface area contributed by atoms with Gasteiger partial charge < -0.3 is 24.2 Å². The molecular weight excluding hydrogens is 446 g/mol. The summed E-state index contributed by atoms with van der Waals surface area (Å²) in [5, 5.41) is 8.84. The van der Waals surface area contributed by atoms with Crippen LogP contribution in [0.15, 0.2) is 30.3 Å². The predicted molar refractivity (Wildman–Crippen MR) is 134 cm³/mol. The molecule has 1 aromatic carbocycles. The van der Waals surface area contributed by atoms with Crippen LogP contribution in [0.4, 0.5) is 5.82 Å². The molecule has 0 unspecified atom stereocenters. The lowest BCUT2D eigenvalue weighted by atomic mass is 9.84. The second-order valence-electron chi connectivity index (χ2n) is 9.40. The monoisotopic (exact) mass is 481 g/mol. The summed E-state index contributed by atoms with van der Waals surface area (Å²) >= 11 is 0. The van der Waals surface area contributed by atoms with Crippen LogP contribution in [0, 0.1) is 5.92 Å². The topological polar surface area (TPSA) is 88.1 Å². The van der Waals surface area contributed by atoms with E-state index in [1.165, 1.54) is 0 Å². The zero-order valence-electron chi connectivity index (χ0n) is 21.1. The maximum Gasteiger partial charge on any atom is 0.242 e. The summed E-state index contributed by atoms with van der Waals surface area (Å²) in [5.74, 6) is 2.40. The number of carbonyl (C=O) groups is 2. The van der Waals surface area contributed by atoms with Gasteiger partial charge in [-0.25, -0.2) is 0 Å². The Hall–Kier alpha value is -3.36. The van der Waals surface area contributed by atoms with E-state index in [0.29, 0.717) is 43.4 Å². The van der Waals surface area contributed by atoms with Gasteiger partial charge in [0.25, 0.3) is 0 Å². The smallest absolute Gasteiger partial charge is 0.242 e. The van der Waals surface area contributed by atoms with Gasteiger partial charge in [0, 0.05) is 49.8 Å². The van der Waals surface area contributed by atoms with E-state index in [0.717, 1.165) is 30.6 Å². The minimum Gasteiger partial charge on any atom is -0.497 e. The van der Waals surface area contributed by atoms with Crippen LogP contribution in [-0.2, 0) is 9.59 Å². The molecule has 0 radical (unpaired) electrons. The van der Waals surface area contributed by atoms with Crippen molar-refractivity contribution in [2.24, 2.45) is 5.92 Å². The first-order valence-electron chi connectivity index (χ1n) is 12.3. The number of ether oxygens (including phenoxy) is 2. The van der Waals surface area contributed by atoms with E-state index in [9.17, 15) is 9.59 Å². The number of aromatic nitrogens is 2. The van der Waals surface area contributed by atoms with Crippen LogP contribution in [0.3, 0.4) is 0 Å². The number of rotatable bonds is 8. The fraction of sp³-hybridized carbons (Fsp3) is 0.538. The third kappa shape index (κ3) is 5.49. The first-order valence-corrected chi connectivity index (χ1v) is 12.3. The normalized spacial score (nSPS) is 16.1. The zero-order chi connectivity index (χ0) is 24.9. The van der Waals surface area contributed by atoms with Crippen molar-refractivity contribution in [3.63, 3.8) is 0 Å². The van der Waals surface area contributed by atoms with Crippen LogP contribution < -0.4 is 14.4 Å². The van der Waals surface area contributed by atoms with Gasteiger partial charge in [-0.05, 0) is 51.0 Å². The number of methoxy groups -OCH3 is 2. The van der Waals surface area contributed by atoms with Crippen LogP contribution in [0.25, 0.3) is 11.3 Å². The fourth-order valence-electron chi connectivity index (χ4n) is 4.48. The summed E-state index contributed by atoms with van der Waals surface area (Å²) in [7, 11) is 3.23. The summed E-state index contributed by atoms with van der Waals surface area (Å²) in [6.45, 7) is 6.65. The standard InChI is InChI=1S/C26H35N5O4/c1-18(2)31(26(33)19-6-5-7-19)17-25(32)30-14-12-29(13-15-30)24-11-10-22(27-28-24)21-9-8-20(34-3)16-23(21)35-4/h8-11,16,18-19H,5-7,12-15,17H2,1-4H3. The Labute approximate surface area is 207 Å². The van der Waals surface area contributed by atoms with Crippen LogP contribution in [0.1, 0.15) is 33.1 Å². The molecule has 1 saturated heterocycles. The number of carbonyl (C=O) groups excluding carboxylic acids is 2. The molecule has 9 nitrogen and oxygen atoms in total. The number of benzene rings is 1. The number of anilines is 1. The quantitative estimate of drug-likeness (QED) is 0.573. The highest BCUT2D eigenvalue weighted by atomic mass is 16.5. The maximum atomic E-state index is 13.0. The van der Waals surface area contributed by atoms with Gasteiger partial charge in [0.05, 0.1) is 26.5 Å². The summed E-state index contributed by atoms with van der Waals surface area (Å²) in [6.07, 6.45) is 3.00. The molecule has 1 aromatic heterocycles. The van der Waals surface area contributed by atoms with Crippen LogP contribution in [-0.4, -0.2) is 84.8 Å². The van der Waals surface area contributed by atoms with Gasteiger partial charge in [-0.1, -0.05) is 6.42 Å². The second kappa shape index (κ2) is 10.9. The first kappa shape index (κ1) is 24.8. The summed E-state index contributed by atoms with van der Waals surface area (Å²) in [5.41, 5.74) is 1.56. The molecule has 2 aliphatic rings. The summed E-state index contributed by atoms with van der Waals surface area (Å²) in [6, 6.07) is 9.48. The SMILES string of the molecule is COc1ccc(-c2ccc(N3CCN(C(=O)CN(C(=O)C4CCC4)C(C)C)CC3)nn2)c(OC)c1. The van der Waals surface area contributed by atoms with E-state index in [1.54, 1.807) is 19.1 Å². The molecule has 2 fully saturated rings. The van der Waals surface area contributed by atoms with E-state index < -0.39 is 0 Å². The van der Waals surface area contributed by atoms with Gasteiger partial charge in [0.2, 0.25) is 11.8 Å². The Morgan fingerprint density at radius 1 is 1.03 bits per heavy atom. The lowest BCUT2D eigenvalue weighted by molar-refractivity contribution is -0.146. The van der Waals surface area contributed by atoms with Crippen molar-refractivity contribution in [3.8, 4) is 22.8 Å². The van der Waals surface area contributed by atoms with Gasteiger partial charge in [0.1, 0.15) is 11.5 Å². The zero-order valence-corrected chi connectivity index (χ0v) is 21.1. The molecule has 0 atom stereocenters. The molecule has 0 N–H and O–H groups in total. The third-order valence-electron chi connectivity index (χ3n) is 6.96. The Kier molecular flexibility index (Phi) is 7.73. The van der Waals surface area contributed by atoms with Crippen molar-refractivity contribution < 1.29 is 19.1 Å². The van der Waals surface area contributed by atoms with E-state index in [2.05, 4.69) is 15.1 Å². The molecule has 188 valence electrons. The Morgan fingerprint density at radius 3 is 2.31 bits per heavy atom. The Morgan fingerprint density at radius 2 is 1.77 bits per heavy atom. The molecule has 1 saturated carbocycles. The van der Waals surface area contributed by atoms with Crippen LogP contribution in [0.5, 0.6) is 11.5 Å². The van der Waals surface area contributed by atoms with Gasteiger partial charge in [0.15, 0.2) is 5.82 Å². The van der Waals surface area contributed by atoms with Gasteiger partial charge >= 0.3 is 0 Å². The minimum atomic E-state index is 0.0130. The predicted octanol–water partition coefficient (Wildman–Crippen LogP) is 2.85. The average molecular weight is 482 g/mol. The van der Waals surface area contributed by atoms with Crippen molar-refractivity contribution in [1.82, 2.24) is 20.0 Å². The third-order valence-corrected chi connectivity index (χ3v) is 6.96. The molecule has 2 amide bonds. The number of piperazine rings is 1. The molecule has 2 aromatic rings. The molecule has 1 aliphatic carbocycles.